The molecular weight excluding hydrogens is 162 g/mol. The van der Waals surface area contributed by atoms with Gasteiger partial charge in [-0.2, -0.15) is 0 Å². The van der Waals surface area contributed by atoms with E-state index in [4.69, 9.17) is 0 Å². The van der Waals surface area contributed by atoms with Gasteiger partial charge in [0.15, 0.2) is 0 Å². The maximum Gasteiger partial charge on any atom is 0.0745 e. The quantitative estimate of drug-likeness (QED) is 0.542. The minimum absolute atomic E-state index is 0.200. The van der Waals surface area contributed by atoms with Crippen molar-refractivity contribution in [3.63, 3.8) is 0 Å². The van der Waals surface area contributed by atoms with Crippen LogP contribution >= 0.6 is 0 Å². The molecule has 0 saturated heterocycles. The fraction of sp³-hybridized carbons (Fsp3) is 1.00. The molecule has 1 saturated carbocycles. The Morgan fingerprint density at radius 1 is 1.23 bits per heavy atom. The first kappa shape index (κ1) is 11.0. The largest absolute Gasteiger partial charge is 0.317 e. The molecule has 78 valence electrons. The Labute approximate surface area is 81.7 Å². The van der Waals surface area contributed by atoms with Crippen LogP contribution in [-0.2, 0) is 0 Å². The Kier molecular flexibility index (Phi) is 3.33. The van der Waals surface area contributed by atoms with E-state index < -0.39 is 0 Å². The van der Waals surface area contributed by atoms with Crippen LogP contribution in [0.3, 0.4) is 0 Å². The maximum atomic E-state index is 3.39. The van der Waals surface area contributed by atoms with Gasteiger partial charge in [0, 0.05) is 6.04 Å². The van der Waals surface area contributed by atoms with Gasteiger partial charge in [-0.3, -0.25) is 0 Å². The predicted molar refractivity (Wildman–Crippen MR) is 56.6 cm³/mol. The summed E-state index contributed by atoms with van der Waals surface area (Å²) in [5.41, 5.74) is 0.200. The third-order valence-corrected chi connectivity index (χ3v) is 3.73. The highest BCUT2D eigenvalue weighted by Crippen LogP contribution is 2.50. The predicted octanol–water partition coefficient (Wildman–Crippen LogP) is 0.385. The summed E-state index contributed by atoms with van der Waals surface area (Å²) in [6.45, 7) is 4.54. The lowest BCUT2D eigenvalue weighted by Gasteiger charge is -2.17. The maximum absolute atomic E-state index is 3.39. The minimum Gasteiger partial charge on any atom is -0.317 e. The van der Waals surface area contributed by atoms with Crippen LogP contribution in [0.5, 0.6) is 0 Å². The summed E-state index contributed by atoms with van der Waals surface area (Å²) >= 11 is 0. The second kappa shape index (κ2) is 3.95. The molecule has 0 aromatic carbocycles. The summed E-state index contributed by atoms with van der Waals surface area (Å²) in [4.78, 5) is 0. The van der Waals surface area contributed by atoms with Crippen LogP contribution in [0.1, 0.15) is 20.3 Å². The SMILES string of the molecule is CNC(C)CC1C(C)C1(NC)NC. The first-order chi connectivity index (χ1) is 6.12. The molecular formula is C10H23N3. The van der Waals surface area contributed by atoms with E-state index in [9.17, 15) is 0 Å². The van der Waals surface area contributed by atoms with Crippen molar-refractivity contribution < 1.29 is 0 Å². The van der Waals surface area contributed by atoms with Gasteiger partial charge in [-0.05, 0) is 46.3 Å². The Balaban J connectivity index is 2.46. The lowest BCUT2D eigenvalue weighted by Crippen LogP contribution is -2.44. The molecule has 3 unspecified atom stereocenters. The summed E-state index contributed by atoms with van der Waals surface area (Å²) in [6, 6.07) is 0.607. The molecule has 0 spiro atoms. The van der Waals surface area contributed by atoms with Gasteiger partial charge in [0.05, 0.1) is 5.66 Å². The summed E-state index contributed by atoms with van der Waals surface area (Å²) in [5.74, 6) is 1.49. The molecule has 0 radical (unpaired) electrons. The average molecular weight is 185 g/mol. The third-order valence-electron chi connectivity index (χ3n) is 3.73. The van der Waals surface area contributed by atoms with Gasteiger partial charge in [-0.15, -0.1) is 0 Å². The molecule has 3 atom stereocenters. The smallest absolute Gasteiger partial charge is 0.0745 e. The first-order valence-electron chi connectivity index (χ1n) is 5.17. The average Bonchev–Trinajstić information content (AvgIpc) is 2.71. The molecule has 13 heavy (non-hydrogen) atoms. The van der Waals surface area contributed by atoms with Crippen molar-refractivity contribution in [3.05, 3.63) is 0 Å². The van der Waals surface area contributed by atoms with E-state index in [0.717, 1.165) is 11.8 Å². The van der Waals surface area contributed by atoms with Crippen molar-refractivity contribution in [1.82, 2.24) is 16.0 Å². The van der Waals surface area contributed by atoms with E-state index in [1.54, 1.807) is 0 Å². The van der Waals surface area contributed by atoms with E-state index in [1.165, 1.54) is 6.42 Å². The Bertz CT molecular complexity index is 166. The first-order valence-corrected chi connectivity index (χ1v) is 5.17. The Hall–Kier alpha value is -0.120. The van der Waals surface area contributed by atoms with Crippen molar-refractivity contribution >= 4 is 0 Å². The van der Waals surface area contributed by atoms with Crippen molar-refractivity contribution in [2.45, 2.75) is 32.0 Å². The number of nitrogens with one attached hydrogen (secondary N) is 3. The fourth-order valence-corrected chi connectivity index (χ4v) is 2.49. The highest BCUT2D eigenvalue weighted by atomic mass is 15.2. The standard InChI is InChI=1S/C10H23N3/c1-7(11-3)6-9-8(2)10(9,12-4)13-5/h7-9,11-13H,6H2,1-5H3. The van der Waals surface area contributed by atoms with Crippen LogP contribution < -0.4 is 16.0 Å². The lowest BCUT2D eigenvalue weighted by atomic mass is 10.1. The van der Waals surface area contributed by atoms with E-state index >= 15 is 0 Å². The summed E-state index contributed by atoms with van der Waals surface area (Å²) in [5, 5.41) is 10.1. The van der Waals surface area contributed by atoms with Crippen LogP contribution in [0, 0.1) is 11.8 Å². The molecule has 0 heterocycles. The van der Waals surface area contributed by atoms with Crippen LogP contribution in [0.25, 0.3) is 0 Å². The van der Waals surface area contributed by atoms with Crippen LogP contribution in [0.15, 0.2) is 0 Å². The molecule has 0 bridgehead atoms. The van der Waals surface area contributed by atoms with Crippen LogP contribution in [0.4, 0.5) is 0 Å². The molecule has 0 amide bonds. The van der Waals surface area contributed by atoms with Crippen molar-refractivity contribution in [1.29, 1.82) is 0 Å². The normalized spacial score (nSPS) is 33.0. The van der Waals surface area contributed by atoms with Gasteiger partial charge in [0.25, 0.3) is 0 Å². The summed E-state index contributed by atoms with van der Waals surface area (Å²) in [6.07, 6.45) is 1.24. The molecule has 0 aromatic rings. The van der Waals surface area contributed by atoms with Gasteiger partial charge in [-0.1, -0.05) is 6.92 Å². The van der Waals surface area contributed by atoms with Crippen molar-refractivity contribution in [2.24, 2.45) is 11.8 Å². The molecule has 1 aliphatic rings. The second-order valence-corrected chi connectivity index (χ2v) is 4.19. The number of hydrogen-bond donors (Lipinski definition) is 3. The monoisotopic (exact) mass is 185 g/mol. The highest BCUT2D eigenvalue weighted by molar-refractivity contribution is 5.13. The summed E-state index contributed by atoms with van der Waals surface area (Å²) < 4.78 is 0. The van der Waals surface area contributed by atoms with Crippen LogP contribution in [-0.4, -0.2) is 32.8 Å². The molecule has 1 aliphatic carbocycles. The third kappa shape index (κ3) is 1.73. The lowest BCUT2D eigenvalue weighted by molar-refractivity contribution is 0.394. The minimum atomic E-state index is 0.200. The topological polar surface area (TPSA) is 36.1 Å². The molecule has 1 fully saturated rings. The Morgan fingerprint density at radius 2 is 1.77 bits per heavy atom. The van der Waals surface area contributed by atoms with Gasteiger partial charge < -0.3 is 16.0 Å². The van der Waals surface area contributed by atoms with Crippen molar-refractivity contribution in [3.8, 4) is 0 Å². The zero-order valence-electron chi connectivity index (χ0n) is 9.44. The molecule has 3 heteroatoms. The van der Waals surface area contributed by atoms with Crippen molar-refractivity contribution in [2.75, 3.05) is 21.1 Å². The molecule has 0 aliphatic heterocycles. The van der Waals surface area contributed by atoms with Gasteiger partial charge in [-0.25, -0.2) is 0 Å². The molecule has 3 nitrogen and oxygen atoms in total. The van der Waals surface area contributed by atoms with E-state index in [0.29, 0.717) is 6.04 Å². The van der Waals surface area contributed by atoms with Gasteiger partial charge in [0.2, 0.25) is 0 Å². The molecule has 3 N–H and O–H groups in total. The highest BCUT2D eigenvalue weighted by Gasteiger charge is 2.59. The van der Waals surface area contributed by atoms with E-state index in [-0.39, 0.29) is 5.66 Å². The zero-order valence-corrected chi connectivity index (χ0v) is 9.44. The fourth-order valence-electron chi connectivity index (χ4n) is 2.49. The molecule has 1 rings (SSSR count). The van der Waals surface area contributed by atoms with Crippen LogP contribution in [0.2, 0.25) is 0 Å². The number of rotatable bonds is 5. The van der Waals surface area contributed by atoms with Gasteiger partial charge >= 0.3 is 0 Å². The zero-order chi connectivity index (χ0) is 10.1. The Morgan fingerprint density at radius 3 is 2.08 bits per heavy atom. The summed E-state index contributed by atoms with van der Waals surface area (Å²) in [7, 11) is 6.10. The van der Waals surface area contributed by atoms with E-state index in [2.05, 4.69) is 29.8 Å². The number of hydrogen-bond acceptors (Lipinski definition) is 3. The second-order valence-electron chi connectivity index (χ2n) is 4.19. The molecule has 0 aromatic heterocycles. The van der Waals surface area contributed by atoms with Gasteiger partial charge in [0.1, 0.15) is 0 Å². The van der Waals surface area contributed by atoms with E-state index in [1.807, 2.05) is 21.1 Å².